The van der Waals surface area contributed by atoms with Gasteiger partial charge in [-0.25, -0.2) is 13.1 Å². The molecular weight excluding hydrogens is 248 g/mol. The molecule has 0 amide bonds. The van der Waals surface area contributed by atoms with Crippen LogP contribution in [0.4, 0.5) is 5.69 Å². The van der Waals surface area contributed by atoms with Gasteiger partial charge in [-0.05, 0) is 51.5 Å². The Morgan fingerprint density at radius 3 is 2.11 bits per heavy atom. The molecule has 1 atom stereocenters. The van der Waals surface area contributed by atoms with E-state index in [2.05, 4.69) is 23.9 Å². The first-order valence-electron chi connectivity index (χ1n) is 6.24. The van der Waals surface area contributed by atoms with E-state index in [0.717, 1.165) is 12.1 Å². The summed E-state index contributed by atoms with van der Waals surface area (Å²) in [6.45, 7) is 7.79. The van der Waals surface area contributed by atoms with Crippen molar-refractivity contribution in [1.82, 2.24) is 4.72 Å². The van der Waals surface area contributed by atoms with Crippen molar-refractivity contribution in [2.24, 2.45) is 0 Å². The minimum Gasteiger partial charge on any atom is -0.383 e. The van der Waals surface area contributed by atoms with Gasteiger partial charge in [-0.3, -0.25) is 0 Å². The van der Waals surface area contributed by atoms with Gasteiger partial charge in [0.05, 0.1) is 4.90 Å². The van der Waals surface area contributed by atoms with Crippen LogP contribution in [0.25, 0.3) is 0 Å². The van der Waals surface area contributed by atoms with Crippen LogP contribution in [-0.4, -0.2) is 20.5 Å². The number of hydrogen-bond donors (Lipinski definition) is 2. The SMILES string of the molecule is CCC(C)Nc1ccc(S(=O)(=O)NC(C)C)cc1. The van der Waals surface area contributed by atoms with Crippen LogP contribution in [0.2, 0.25) is 0 Å². The van der Waals surface area contributed by atoms with Crippen molar-refractivity contribution in [3.05, 3.63) is 24.3 Å². The highest BCUT2D eigenvalue weighted by molar-refractivity contribution is 7.89. The summed E-state index contributed by atoms with van der Waals surface area (Å²) in [5.74, 6) is 0. The van der Waals surface area contributed by atoms with Crippen molar-refractivity contribution in [3.8, 4) is 0 Å². The topological polar surface area (TPSA) is 58.2 Å². The predicted molar refractivity (Wildman–Crippen MR) is 75.3 cm³/mol. The maximum absolute atomic E-state index is 11.9. The molecule has 0 spiro atoms. The van der Waals surface area contributed by atoms with Crippen molar-refractivity contribution in [3.63, 3.8) is 0 Å². The average molecular weight is 270 g/mol. The zero-order valence-corrected chi connectivity index (χ0v) is 12.2. The lowest BCUT2D eigenvalue weighted by Crippen LogP contribution is -2.30. The predicted octanol–water partition coefficient (Wildman–Crippen LogP) is 2.58. The number of sulfonamides is 1. The third-order valence-corrected chi connectivity index (χ3v) is 4.26. The monoisotopic (exact) mass is 270 g/mol. The van der Waals surface area contributed by atoms with Gasteiger partial charge >= 0.3 is 0 Å². The van der Waals surface area contributed by atoms with Crippen molar-refractivity contribution < 1.29 is 8.42 Å². The summed E-state index contributed by atoms with van der Waals surface area (Å²) in [5.41, 5.74) is 0.938. The Hall–Kier alpha value is -1.07. The van der Waals surface area contributed by atoms with E-state index in [9.17, 15) is 8.42 Å². The molecule has 0 heterocycles. The summed E-state index contributed by atoms with van der Waals surface area (Å²) >= 11 is 0. The lowest BCUT2D eigenvalue weighted by atomic mass is 10.2. The Bertz CT molecular complexity index is 466. The Labute approximate surface area is 110 Å². The summed E-state index contributed by atoms with van der Waals surface area (Å²) in [6.07, 6.45) is 1.02. The average Bonchev–Trinajstić information content (AvgIpc) is 2.28. The molecule has 1 rings (SSSR count). The van der Waals surface area contributed by atoms with Crippen molar-refractivity contribution in [2.75, 3.05) is 5.32 Å². The number of benzene rings is 1. The Morgan fingerprint density at radius 2 is 1.67 bits per heavy atom. The Morgan fingerprint density at radius 1 is 1.11 bits per heavy atom. The van der Waals surface area contributed by atoms with Crippen molar-refractivity contribution in [1.29, 1.82) is 0 Å². The van der Waals surface area contributed by atoms with Gasteiger partial charge in [-0.15, -0.1) is 0 Å². The number of hydrogen-bond acceptors (Lipinski definition) is 3. The van der Waals surface area contributed by atoms with E-state index in [-0.39, 0.29) is 6.04 Å². The molecule has 0 fully saturated rings. The van der Waals surface area contributed by atoms with Crippen LogP contribution >= 0.6 is 0 Å². The van der Waals surface area contributed by atoms with Crippen LogP contribution in [0.3, 0.4) is 0 Å². The fourth-order valence-electron chi connectivity index (χ4n) is 1.50. The molecule has 0 radical (unpaired) electrons. The van der Waals surface area contributed by atoms with Crippen LogP contribution in [0.15, 0.2) is 29.2 Å². The van der Waals surface area contributed by atoms with Gasteiger partial charge in [0.25, 0.3) is 0 Å². The zero-order valence-electron chi connectivity index (χ0n) is 11.4. The van der Waals surface area contributed by atoms with E-state index in [1.165, 1.54) is 0 Å². The largest absolute Gasteiger partial charge is 0.383 e. The second-order valence-electron chi connectivity index (χ2n) is 4.75. The van der Waals surface area contributed by atoms with E-state index in [0.29, 0.717) is 10.9 Å². The number of anilines is 1. The van der Waals surface area contributed by atoms with Gasteiger partial charge in [0.2, 0.25) is 10.0 Å². The lowest BCUT2D eigenvalue weighted by molar-refractivity contribution is 0.570. The first-order valence-corrected chi connectivity index (χ1v) is 7.72. The molecule has 0 aliphatic rings. The maximum atomic E-state index is 11.9. The van der Waals surface area contributed by atoms with E-state index < -0.39 is 10.0 Å². The fraction of sp³-hybridized carbons (Fsp3) is 0.538. The smallest absolute Gasteiger partial charge is 0.240 e. The van der Waals surface area contributed by atoms with Crippen LogP contribution in [0.1, 0.15) is 34.1 Å². The molecular formula is C13H22N2O2S. The van der Waals surface area contributed by atoms with Gasteiger partial charge in [0.15, 0.2) is 0 Å². The highest BCUT2D eigenvalue weighted by atomic mass is 32.2. The summed E-state index contributed by atoms with van der Waals surface area (Å²) in [4.78, 5) is 0.297. The molecule has 0 aromatic heterocycles. The van der Waals surface area contributed by atoms with Crippen LogP contribution < -0.4 is 10.0 Å². The molecule has 2 N–H and O–H groups in total. The van der Waals surface area contributed by atoms with Gasteiger partial charge in [-0.2, -0.15) is 0 Å². The van der Waals surface area contributed by atoms with Gasteiger partial charge in [-0.1, -0.05) is 6.92 Å². The molecule has 1 aromatic rings. The van der Waals surface area contributed by atoms with E-state index in [1.807, 2.05) is 0 Å². The molecule has 4 nitrogen and oxygen atoms in total. The Kier molecular flexibility index (Phi) is 5.16. The standard InChI is InChI=1S/C13H22N2O2S/c1-5-11(4)14-12-6-8-13(9-7-12)18(16,17)15-10(2)3/h6-11,14-15H,5H2,1-4H3. The molecule has 0 aliphatic carbocycles. The van der Waals surface area contributed by atoms with E-state index in [1.54, 1.807) is 38.1 Å². The quantitative estimate of drug-likeness (QED) is 0.835. The second-order valence-corrected chi connectivity index (χ2v) is 6.47. The fourth-order valence-corrected chi connectivity index (χ4v) is 2.75. The van der Waals surface area contributed by atoms with Crippen LogP contribution in [-0.2, 0) is 10.0 Å². The minimum atomic E-state index is -3.39. The van der Waals surface area contributed by atoms with E-state index >= 15 is 0 Å². The summed E-state index contributed by atoms with van der Waals surface area (Å²) in [5, 5.41) is 3.30. The number of nitrogens with one attached hydrogen (secondary N) is 2. The Balaban J connectivity index is 2.83. The molecule has 1 unspecified atom stereocenters. The summed E-state index contributed by atoms with van der Waals surface area (Å²) in [7, 11) is -3.39. The molecule has 0 saturated heterocycles. The summed E-state index contributed by atoms with van der Waals surface area (Å²) in [6, 6.07) is 7.10. The number of rotatable bonds is 6. The van der Waals surface area contributed by atoms with Gasteiger partial charge in [0, 0.05) is 17.8 Å². The molecule has 1 aromatic carbocycles. The summed E-state index contributed by atoms with van der Waals surface area (Å²) < 4.78 is 26.4. The van der Waals surface area contributed by atoms with Gasteiger partial charge in [0.1, 0.15) is 0 Å². The third kappa shape index (κ3) is 4.31. The van der Waals surface area contributed by atoms with Gasteiger partial charge < -0.3 is 5.32 Å². The highest BCUT2D eigenvalue weighted by Gasteiger charge is 2.14. The van der Waals surface area contributed by atoms with Crippen LogP contribution in [0.5, 0.6) is 0 Å². The molecule has 102 valence electrons. The molecule has 0 saturated carbocycles. The first kappa shape index (κ1) is 15.0. The van der Waals surface area contributed by atoms with Crippen molar-refractivity contribution >= 4 is 15.7 Å². The lowest BCUT2D eigenvalue weighted by Gasteiger charge is -2.14. The molecule has 0 bridgehead atoms. The normalized spacial score (nSPS) is 13.6. The molecule has 0 aliphatic heterocycles. The van der Waals surface area contributed by atoms with Crippen molar-refractivity contribution in [2.45, 2.75) is 51.1 Å². The minimum absolute atomic E-state index is 0.104. The van der Waals surface area contributed by atoms with Crippen LogP contribution in [0, 0.1) is 0 Å². The molecule has 5 heteroatoms. The first-order chi connectivity index (χ1) is 8.35. The third-order valence-electron chi connectivity index (χ3n) is 2.58. The molecule has 18 heavy (non-hydrogen) atoms. The van der Waals surface area contributed by atoms with E-state index in [4.69, 9.17) is 0 Å². The highest BCUT2D eigenvalue weighted by Crippen LogP contribution is 2.15. The second kappa shape index (κ2) is 6.20. The zero-order chi connectivity index (χ0) is 13.8. The maximum Gasteiger partial charge on any atom is 0.240 e.